The van der Waals surface area contributed by atoms with Crippen LogP contribution < -0.4 is 4.74 Å². The van der Waals surface area contributed by atoms with E-state index in [0.717, 1.165) is 0 Å². The average Bonchev–Trinajstić information content (AvgIpc) is 2.70. The molecule has 2 rings (SSSR count). The lowest BCUT2D eigenvalue weighted by Crippen LogP contribution is -2.02. The smallest absolute Gasteiger partial charge is 0.216 e. The standard InChI is InChI=1S/C10H10FNO2/c1-13-9-3-2-7(6-8(9)11)10-12-4-5-14-10/h2-3,6H,4-5H2,1H3. The average molecular weight is 195 g/mol. The summed E-state index contributed by atoms with van der Waals surface area (Å²) in [5.74, 6) is 0.335. The summed E-state index contributed by atoms with van der Waals surface area (Å²) >= 11 is 0. The maximum atomic E-state index is 13.3. The van der Waals surface area contributed by atoms with E-state index in [1.807, 2.05) is 0 Å². The number of benzene rings is 1. The predicted molar refractivity (Wildman–Crippen MR) is 50.3 cm³/mol. The molecule has 1 heterocycles. The third-order valence-electron chi connectivity index (χ3n) is 1.98. The molecule has 3 nitrogen and oxygen atoms in total. The normalized spacial score (nSPS) is 14.9. The van der Waals surface area contributed by atoms with E-state index in [2.05, 4.69) is 4.99 Å². The first kappa shape index (κ1) is 8.99. The fraction of sp³-hybridized carbons (Fsp3) is 0.300. The number of hydrogen-bond acceptors (Lipinski definition) is 3. The Kier molecular flexibility index (Phi) is 2.35. The van der Waals surface area contributed by atoms with Crippen molar-refractivity contribution < 1.29 is 13.9 Å². The van der Waals surface area contributed by atoms with Gasteiger partial charge in [-0.15, -0.1) is 0 Å². The van der Waals surface area contributed by atoms with Crippen LogP contribution in [0.25, 0.3) is 0 Å². The second-order valence-corrected chi connectivity index (χ2v) is 2.88. The quantitative estimate of drug-likeness (QED) is 0.717. The van der Waals surface area contributed by atoms with Crippen LogP contribution in [0.1, 0.15) is 5.56 Å². The summed E-state index contributed by atoms with van der Waals surface area (Å²) in [6.45, 7) is 1.21. The second kappa shape index (κ2) is 3.65. The summed E-state index contributed by atoms with van der Waals surface area (Å²) in [6, 6.07) is 4.66. The lowest BCUT2D eigenvalue weighted by Gasteiger charge is -2.04. The van der Waals surface area contributed by atoms with Gasteiger partial charge in [0.15, 0.2) is 11.6 Å². The molecule has 74 valence electrons. The van der Waals surface area contributed by atoms with E-state index in [1.165, 1.54) is 13.2 Å². The Bertz CT molecular complexity index is 376. The van der Waals surface area contributed by atoms with Crippen LogP contribution in [0.4, 0.5) is 4.39 Å². The molecule has 1 aromatic carbocycles. The molecule has 0 saturated carbocycles. The SMILES string of the molecule is COc1ccc(C2=NCCO2)cc1F. The van der Waals surface area contributed by atoms with E-state index in [1.54, 1.807) is 12.1 Å². The van der Waals surface area contributed by atoms with Crippen LogP contribution in [0.2, 0.25) is 0 Å². The van der Waals surface area contributed by atoms with Crippen molar-refractivity contribution >= 4 is 5.90 Å². The van der Waals surface area contributed by atoms with Crippen molar-refractivity contribution in [1.29, 1.82) is 0 Å². The lowest BCUT2D eigenvalue weighted by atomic mass is 10.2. The van der Waals surface area contributed by atoms with E-state index >= 15 is 0 Å². The third-order valence-corrected chi connectivity index (χ3v) is 1.98. The fourth-order valence-corrected chi connectivity index (χ4v) is 1.31. The highest BCUT2D eigenvalue weighted by Gasteiger charge is 2.12. The van der Waals surface area contributed by atoms with Gasteiger partial charge in [-0.1, -0.05) is 0 Å². The Balaban J connectivity index is 2.32. The topological polar surface area (TPSA) is 30.8 Å². The van der Waals surface area contributed by atoms with E-state index < -0.39 is 5.82 Å². The molecule has 1 aromatic rings. The van der Waals surface area contributed by atoms with Gasteiger partial charge >= 0.3 is 0 Å². The van der Waals surface area contributed by atoms with E-state index in [9.17, 15) is 4.39 Å². The molecular formula is C10H10FNO2. The van der Waals surface area contributed by atoms with Gasteiger partial charge in [0, 0.05) is 5.56 Å². The molecule has 0 spiro atoms. The Hall–Kier alpha value is -1.58. The number of hydrogen-bond donors (Lipinski definition) is 0. The van der Waals surface area contributed by atoms with Crippen molar-refractivity contribution in [1.82, 2.24) is 0 Å². The highest BCUT2D eigenvalue weighted by molar-refractivity contribution is 5.95. The molecule has 4 heteroatoms. The molecule has 0 N–H and O–H groups in total. The third kappa shape index (κ3) is 1.55. The molecule has 0 bridgehead atoms. The van der Waals surface area contributed by atoms with Crippen LogP contribution in [0, 0.1) is 5.82 Å². The van der Waals surface area contributed by atoms with Gasteiger partial charge in [0.2, 0.25) is 5.90 Å². The van der Waals surface area contributed by atoms with Gasteiger partial charge < -0.3 is 9.47 Å². The van der Waals surface area contributed by atoms with E-state index in [4.69, 9.17) is 9.47 Å². The Morgan fingerprint density at radius 2 is 2.36 bits per heavy atom. The van der Waals surface area contributed by atoms with E-state index in [0.29, 0.717) is 24.6 Å². The van der Waals surface area contributed by atoms with Crippen LogP contribution >= 0.6 is 0 Å². The van der Waals surface area contributed by atoms with E-state index in [-0.39, 0.29) is 5.75 Å². The van der Waals surface area contributed by atoms with Crippen LogP contribution in [0.15, 0.2) is 23.2 Å². The molecule has 1 aliphatic heterocycles. The lowest BCUT2D eigenvalue weighted by molar-refractivity contribution is 0.348. The van der Waals surface area contributed by atoms with Crippen molar-refractivity contribution in [2.75, 3.05) is 20.3 Å². The molecule has 1 aliphatic rings. The van der Waals surface area contributed by atoms with Gasteiger partial charge in [-0.25, -0.2) is 9.38 Å². The molecule has 14 heavy (non-hydrogen) atoms. The van der Waals surface area contributed by atoms with Gasteiger partial charge in [0.1, 0.15) is 6.61 Å². The van der Waals surface area contributed by atoms with Crippen molar-refractivity contribution in [2.45, 2.75) is 0 Å². The summed E-state index contributed by atoms with van der Waals surface area (Å²) in [5, 5.41) is 0. The monoisotopic (exact) mass is 195 g/mol. The second-order valence-electron chi connectivity index (χ2n) is 2.88. The zero-order valence-corrected chi connectivity index (χ0v) is 7.79. The Morgan fingerprint density at radius 3 is 2.93 bits per heavy atom. The molecular weight excluding hydrogens is 185 g/mol. The van der Waals surface area contributed by atoms with Crippen LogP contribution in [-0.4, -0.2) is 26.2 Å². The van der Waals surface area contributed by atoms with Gasteiger partial charge in [-0.2, -0.15) is 0 Å². The number of methoxy groups -OCH3 is 1. The summed E-state index contributed by atoms with van der Waals surface area (Å²) in [4.78, 5) is 4.09. The van der Waals surface area contributed by atoms with Crippen molar-refractivity contribution in [3.63, 3.8) is 0 Å². The molecule has 0 atom stereocenters. The number of halogens is 1. The minimum Gasteiger partial charge on any atom is -0.494 e. The molecule has 0 aliphatic carbocycles. The van der Waals surface area contributed by atoms with Crippen LogP contribution in [-0.2, 0) is 4.74 Å². The van der Waals surface area contributed by atoms with Gasteiger partial charge in [-0.05, 0) is 18.2 Å². The minimum absolute atomic E-state index is 0.229. The zero-order chi connectivity index (χ0) is 9.97. The van der Waals surface area contributed by atoms with Crippen molar-refractivity contribution in [3.8, 4) is 5.75 Å². The number of ether oxygens (including phenoxy) is 2. The first-order valence-electron chi connectivity index (χ1n) is 4.32. The molecule has 0 radical (unpaired) electrons. The predicted octanol–water partition coefficient (Wildman–Crippen LogP) is 1.61. The zero-order valence-electron chi connectivity index (χ0n) is 7.79. The van der Waals surface area contributed by atoms with Gasteiger partial charge in [-0.3, -0.25) is 0 Å². The summed E-state index contributed by atoms with van der Waals surface area (Å²) in [7, 11) is 1.43. The first-order chi connectivity index (χ1) is 6.81. The molecule has 0 unspecified atom stereocenters. The number of aliphatic imine (C=N–C) groups is 1. The summed E-state index contributed by atoms with van der Waals surface area (Å²) in [6.07, 6.45) is 0. The number of nitrogens with zero attached hydrogens (tertiary/aromatic N) is 1. The van der Waals surface area contributed by atoms with Crippen molar-refractivity contribution in [3.05, 3.63) is 29.6 Å². The number of rotatable bonds is 2. The summed E-state index contributed by atoms with van der Waals surface area (Å²) < 4.78 is 23.3. The van der Waals surface area contributed by atoms with Crippen LogP contribution in [0.5, 0.6) is 5.75 Å². The summed E-state index contributed by atoms with van der Waals surface area (Å²) in [5.41, 5.74) is 0.654. The molecule has 0 saturated heterocycles. The molecule has 0 amide bonds. The highest BCUT2D eigenvalue weighted by Crippen LogP contribution is 2.19. The molecule has 0 aromatic heterocycles. The fourth-order valence-electron chi connectivity index (χ4n) is 1.31. The minimum atomic E-state index is -0.400. The first-order valence-corrected chi connectivity index (χ1v) is 4.32. The Morgan fingerprint density at radius 1 is 1.50 bits per heavy atom. The van der Waals surface area contributed by atoms with Crippen molar-refractivity contribution in [2.24, 2.45) is 4.99 Å². The molecule has 0 fully saturated rings. The van der Waals surface area contributed by atoms with Gasteiger partial charge in [0.25, 0.3) is 0 Å². The highest BCUT2D eigenvalue weighted by atomic mass is 19.1. The maximum Gasteiger partial charge on any atom is 0.216 e. The Labute approximate surface area is 81.2 Å². The van der Waals surface area contributed by atoms with Gasteiger partial charge in [0.05, 0.1) is 13.7 Å². The maximum absolute atomic E-state index is 13.3. The van der Waals surface area contributed by atoms with Crippen LogP contribution in [0.3, 0.4) is 0 Å². The largest absolute Gasteiger partial charge is 0.494 e.